The quantitative estimate of drug-likeness (QED) is 0.852. The lowest BCUT2D eigenvalue weighted by atomic mass is 9.71. The molecular weight excluding hydrogens is 260 g/mol. The molecule has 104 valence electrons. The molecule has 1 unspecified atom stereocenters. The third-order valence-corrected chi connectivity index (χ3v) is 4.74. The van der Waals surface area contributed by atoms with Gasteiger partial charge >= 0.3 is 5.97 Å². The van der Waals surface area contributed by atoms with Gasteiger partial charge in [-0.2, -0.15) is 0 Å². The summed E-state index contributed by atoms with van der Waals surface area (Å²) in [5, 5.41) is 10.4. The van der Waals surface area contributed by atoms with E-state index in [0.717, 1.165) is 24.8 Å². The fourth-order valence-corrected chi connectivity index (χ4v) is 3.51. The van der Waals surface area contributed by atoms with E-state index >= 15 is 0 Å². The number of halogens is 1. The highest BCUT2D eigenvalue weighted by Crippen LogP contribution is 2.41. The van der Waals surface area contributed by atoms with Crippen LogP contribution < -0.4 is 0 Å². The molecule has 3 heteroatoms. The Morgan fingerprint density at radius 1 is 1.42 bits per heavy atom. The second kappa shape index (κ2) is 5.96. The van der Waals surface area contributed by atoms with Crippen LogP contribution >= 0.6 is 11.6 Å². The number of carboxylic acid groups (broad SMARTS) is 1. The summed E-state index contributed by atoms with van der Waals surface area (Å²) in [6, 6.07) is 7.36. The van der Waals surface area contributed by atoms with E-state index in [0.29, 0.717) is 17.4 Å². The molecule has 1 aliphatic rings. The van der Waals surface area contributed by atoms with E-state index in [-0.39, 0.29) is 0 Å². The first-order valence-electron chi connectivity index (χ1n) is 7.08. The van der Waals surface area contributed by atoms with Crippen molar-refractivity contribution in [2.45, 2.75) is 50.9 Å². The largest absolute Gasteiger partial charge is 0.481 e. The Morgan fingerprint density at radius 3 is 2.63 bits per heavy atom. The molecular formula is C16H21ClO2. The summed E-state index contributed by atoms with van der Waals surface area (Å²) >= 11 is 6.04. The van der Waals surface area contributed by atoms with Gasteiger partial charge in [0.05, 0.1) is 5.41 Å². The molecule has 0 radical (unpaired) electrons. The van der Waals surface area contributed by atoms with Crippen LogP contribution in [0.2, 0.25) is 5.02 Å². The normalized spacial score (nSPS) is 19.3. The Kier molecular flexibility index (Phi) is 4.51. The van der Waals surface area contributed by atoms with E-state index < -0.39 is 11.4 Å². The van der Waals surface area contributed by atoms with E-state index in [1.165, 1.54) is 12.8 Å². The minimum absolute atomic E-state index is 0.537. The zero-order valence-corrected chi connectivity index (χ0v) is 12.1. The maximum atomic E-state index is 11.9. The van der Waals surface area contributed by atoms with Crippen LogP contribution in [0.5, 0.6) is 0 Å². The third kappa shape index (κ3) is 2.94. The van der Waals surface area contributed by atoms with Crippen LogP contribution in [0, 0.1) is 5.92 Å². The van der Waals surface area contributed by atoms with Crippen LogP contribution in [0.25, 0.3) is 0 Å². The van der Waals surface area contributed by atoms with E-state index in [4.69, 9.17) is 11.6 Å². The maximum Gasteiger partial charge on any atom is 0.314 e. The number of carbonyl (C=O) groups is 1. The highest BCUT2D eigenvalue weighted by molar-refractivity contribution is 6.30. The summed E-state index contributed by atoms with van der Waals surface area (Å²) < 4.78 is 0. The summed E-state index contributed by atoms with van der Waals surface area (Å²) in [4.78, 5) is 11.9. The molecule has 1 fully saturated rings. The molecule has 2 rings (SSSR count). The molecule has 0 spiro atoms. The standard InChI is InChI=1S/C16H21ClO2/c1-2-16(15(18)19,11-12-6-3-4-7-12)13-8-5-9-14(17)10-13/h5,8-10,12H,2-4,6-7,11H2,1H3,(H,18,19). The Morgan fingerprint density at radius 2 is 2.11 bits per heavy atom. The molecule has 1 aromatic carbocycles. The topological polar surface area (TPSA) is 37.3 Å². The average molecular weight is 281 g/mol. The zero-order chi connectivity index (χ0) is 13.9. The smallest absolute Gasteiger partial charge is 0.314 e. The van der Waals surface area contributed by atoms with Crippen molar-refractivity contribution in [3.63, 3.8) is 0 Å². The van der Waals surface area contributed by atoms with Gasteiger partial charge in [-0.1, -0.05) is 56.3 Å². The number of hydrogen-bond donors (Lipinski definition) is 1. The SMILES string of the molecule is CCC(CC1CCCC1)(C(=O)O)c1cccc(Cl)c1. The zero-order valence-electron chi connectivity index (χ0n) is 11.4. The van der Waals surface area contributed by atoms with E-state index in [1.54, 1.807) is 6.07 Å². The van der Waals surface area contributed by atoms with Crippen molar-refractivity contribution in [2.75, 3.05) is 0 Å². The van der Waals surface area contributed by atoms with Crippen molar-refractivity contribution in [3.05, 3.63) is 34.9 Å². The van der Waals surface area contributed by atoms with Gasteiger partial charge in [0, 0.05) is 5.02 Å². The van der Waals surface area contributed by atoms with Crippen molar-refractivity contribution < 1.29 is 9.90 Å². The number of rotatable bonds is 5. The first-order chi connectivity index (χ1) is 9.08. The van der Waals surface area contributed by atoms with Gasteiger partial charge in [-0.25, -0.2) is 0 Å². The van der Waals surface area contributed by atoms with Gasteiger partial charge in [0.1, 0.15) is 0 Å². The summed E-state index contributed by atoms with van der Waals surface area (Å²) in [6.45, 7) is 1.96. The van der Waals surface area contributed by atoms with Gasteiger partial charge in [-0.15, -0.1) is 0 Å². The minimum atomic E-state index is -0.778. The lowest BCUT2D eigenvalue weighted by Crippen LogP contribution is -2.37. The molecule has 1 saturated carbocycles. The maximum absolute atomic E-state index is 11.9. The fourth-order valence-electron chi connectivity index (χ4n) is 3.32. The van der Waals surface area contributed by atoms with E-state index in [9.17, 15) is 9.90 Å². The molecule has 1 atom stereocenters. The Hall–Kier alpha value is -1.02. The summed E-state index contributed by atoms with van der Waals surface area (Å²) in [5.74, 6) is -0.181. The van der Waals surface area contributed by atoms with Crippen LogP contribution in [-0.2, 0) is 10.2 Å². The molecule has 1 N–H and O–H groups in total. The summed E-state index contributed by atoms with van der Waals surface area (Å²) in [6.07, 6.45) is 6.14. The van der Waals surface area contributed by atoms with Crippen molar-refractivity contribution in [2.24, 2.45) is 5.92 Å². The molecule has 0 saturated heterocycles. The molecule has 19 heavy (non-hydrogen) atoms. The predicted molar refractivity (Wildman–Crippen MR) is 77.6 cm³/mol. The van der Waals surface area contributed by atoms with Crippen LogP contribution in [0.4, 0.5) is 0 Å². The van der Waals surface area contributed by atoms with E-state index in [1.807, 2.05) is 25.1 Å². The van der Waals surface area contributed by atoms with Crippen LogP contribution in [0.3, 0.4) is 0 Å². The van der Waals surface area contributed by atoms with Crippen LogP contribution in [0.1, 0.15) is 51.0 Å². The second-order valence-electron chi connectivity index (χ2n) is 5.61. The predicted octanol–water partition coefficient (Wildman–Crippen LogP) is 4.65. The van der Waals surface area contributed by atoms with Gasteiger partial charge in [0.25, 0.3) is 0 Å². The highest BCUT2D eigenvalue weighted by atomic mass is 35.5. The highest BCUT2D eigenvalue weighted by Gasteiger charge is 2.41. The molecule has 0 bridgehead atoms. The van der Waals surface area contributed by atoms with Crippen LogP contribution in [-0.4, -0.2) is 11.1 Å². The van der Waals surface area contributed by atoms with Crippen LogP contribution in [0.15, 0.2) is 24.3 Å². The van der Waals surface area contributed by atoms with Gasteiger partial charge in [0.15, 0.2) is 0 Å². The molecule has 2 nitrogen and oxygen atoms in total. The summed E-state index contributed by atoms with van der Waals surface area (Å²) in [5.41, 5.74) is 0.0711. The molecule has 0 heterocycles. The number of benzene rings is 1. The summed E-state index contributed by atoms with van der Waals surface area (Å²) in [7, 11) is 0. The Bertz CT molecular complexity index is 452. The van der Waals surface area contributed by atoms with E-state index in [2.05, 4.69) is 0 Å². The van der Waals surface area contributed by atoms with Crippen molar-refractivity contribution in [1.82, 2.24) is 0 Å². The molecule has 0 aliphatic heterocycles. The Labute approximate surface area is 119 Å². The molecule has 0 amide bonds. The minimum Gasteiger partial charge on any atom is -0.481 e. The molecule has 0 aromatic heterocycles. The van der Waals surface area contributed by atoms with Crippen molar-refractivity contribution in [1.29, 1.82) is 0 Å². The van der Waals surface area contributed by atoms with Gasteiger partial charge < -0.3 is 5.11 Å². The van der Waals surface area contributed by atoms with Crippen molar-refractivity contribution in [3.8, 4) is 0 Å². The number of aliphatic carboxylic acids is 1. The Balaban J connectivity index is 2.35. The fraction of sp³-hybridized carbons (Fsp3) is 0.562. The number of carboxylic acids is 1. The molecule has 1 aromatic rings. The average Bonchev–Trinajstić information content (AvgIpc) is 2.88. The monoisotopic (exact) mass is 280 g/mol. The van der Waals surface area contributed by atoms with Crippen molar-refractivity contribution >= 4 is 17.6 Å². The number of hydrogen-bond acceptors (Lipinski definition) is 1. The third-order valence-electron chi connectivity index (χ3n) is 4.50. The molecule has 1 aliphatic carbocycles. The first-order valence-corrected chi connectivity index (χ1v) is 7.46. The first kappa shape index (κ1) is 14.4. The van der Waals surface area contributed by atoms with Gasteiger partial charge in [-0.3, -0.25) is 4.79 Å². The van der Waals surface area contributed by atoms with Gasteiger partial charge in [-0.05, 0) is 36.5 Å². The lowest BCUT2D eigenvalue weighted by molar-refractivity contribution is -0.144. The second-order valence-corrected chi connectivity index (χ2v) is 6.04. The van der Waals surface area contributed by atoms with Gasteiger partial charge in [0.2, 0.25) is 0 Å². The lowest BCUT2D eigenvalue weighted by Gasteiger charge is -2.31.